The zero-order valence-electron chi connectivity index (χ0n) is 9.47. The van der Waals surface area contributed by atoms with Crippen molar-refractivity contribution in [3.8, 4) is 5.69 Å². The fourth-order valence-electron chi connectivity index (χ4n) is 1.52. The average molecular weight is 252 g/mol. The van der Waals surface area contributed by atoms with Gasteiger partial charge in [0.1, 0.15) is 11.6 Å². The van der Waals surface area contributed by atoms with Gasteiger partial charge >= 0.3 is 5.97 Å². The van der Waals surface area contributed by atoms with E-state index in [1.807, 2.05) is 0 Å². The van der Waals surface area contributed by atoms with Gasteiger partial charge in [-0.15, -0.1) is 0 Å². The van der Waals surface area contributed by atoms with E-state index in [0.29, 0.717) is 5.56 Å². The van der Waals surface area contributed by atoms with Gasteiger partial charge in [0, 0.05) is 17.8 Å². The Balaban J connectivity index is 2.37. The van der Waals surface area contributed by atoms with Crippen molar-refractivity contribution in [1.82, 2.24) is 9.78 Å². The van der Waals surface area contributed by atoms with Crippen LogP contribution < -0.4 is 0 Å². The van der Waals surface area contributed by atoms with Gasteiger partial charge in [-0.3, -0.25) is 4.79 Å². The van der Waals surface area contributed by atoms with E-state index >= 15 is 0 Å². The lowest BCUT2D eigenvalue weighted by atomic mass is 10.1. The van der Waals surface area contributed by atoms with Crippen LogP contribution in [0.25, 0.3) is 5.69 Å². The Bertz CT molecular complexity index is 575. The second-order valence-electron chi connectivity index (χ2n) is 3.91. The van der Waals surface area contributed by atoms with Crippen LogP contribution in [0.4, 0.5) is 8.78 Å². The molecular formula is C12H10F2N2O2. The molecule has 0 fully saturated rings. The topological polar surface area (TPSA) is 55.1 Å². The molecule has 0 bridgehead atoms. The van der Waals surface area contributed by atoms with E-state index in [1.165, 1.54) is 24.0 Å². The maximum atomic E-state index is 13.0. The quantitative estimate of drug-likeness (QED) is 0.912. The highest BCUT2D eigenvalue weighted by Gasteiger charge is 2.16. The van der Waals surface area contributed by atoms with Gasteiger partial charge in [-0.2, -0.15) is 5.10 Å². The molecular weight excluding hydrogens is 242 g/mol. The Morgan fingerprint density at radius 3 is 2.50 bits per heavy atom. The van der Waals surface area contributed by atoms with Crippen LogP contribution in [0.3, 0.4) is 0 Å². The van der Waals surface area contributed by atoms with E-state index in [1.54, 1.807) is 0 Å². The summed E-state index contributed by atoms with van der Waals surface area (Å²) in [5.74, 6) is -3.14. The number of hydrogen-bond acceptors (Lipinski definition) is 2. The molecule has 4 nitrogen and oxygen atoms in total. The molecule has 1 heterocycles. The summed E-state index contributed by atoms with van der Waals surface area (Å²) in [4.78, 5) is 10.8. The number of aromatic nitrogens is 2. The highest BCUT2D eigenvalue weighted by atomic mass is 19.1. The summed E-state index contributed by atoms with van der Waals surface area (Å²) in [6, 6.07) is 2.99. The standard InChI is InChI=1S/C12H10F2N2O2/c1-7(12(17)18)8-5-15-16(6-8)11-3-9(13)2-10(14)4-11/h2-7H,1H3,(H,17,18). The van der Waals surface area contributed by atoms with E-state index in [0.717, 1.165) is 18.2 Å². The summed E-state index contributed by atoms with van der Waals surface area (Å²) < 4.78 is 27.3. The Hall–Kier alpha value is -2.24. The molecule has 1 aromatic heterocycles. The number of halogens is 2. The monoisotopic (exact) mass is 252 g/mol. The molecule has 0 saturated carbocycles. The normalized spacial score (nSPS) is 12.4. The van der Waals surface area contributed by atoms with Crippen LogP contribution in [0.5, 0.6) is 0 Å². The largest absolute Gasteiger partial charge is 0.481 e. The number of carbonyl (C=O) groups is 1. The van der Waals surface area contributed by atoms with E-state index in [9.17, 15) is 13.6 Å². The Morgan fingerprint density at radius 1 is 1.33 bits per heavy atom. The van der Waals surface area contributed by atoms with Gasteiger partial charge in [-0.1, -0.05) is 0 Å². The van der Waals surface area contributed by atoms with Gasteiger partial charge in [-0.05, 0) is 19.1 Å². The lowest BCUT2D eigenvalue weighted by Gasteiger charge is -2.03. The molecule has 2 aromatic rings. The van der Waals surface area contributed by atoms with Crippen molar-refractivity contribution in [3.63, 3.8) is 0 Å². The Morgan fingerprint density at radius 2 is 1.94 bits per heavy atom. The molecule has 6 heteroatoms. The number of carboxylic acids is 1. The maximum absolute atomic E-state index is 13.0. The minimum Gasteiger partial charge on any atom is -0.481 e. The minimum atomic E-state index is -0.986. The second kappa shape index (κ2) is 4.56. The van der Waals surface area contributed by atoms with Crippen molar-refractivity contribution in [2.24, 2.45) is 0 Å². The van der Waals surface area contributed by atoms with Crippen molar-refractivity contribution >= 4 is 5.97 Å². The summed E-state index contributed by atoms with van der Waals surface area (Å²) in [5, 5.41) is 12.7. The summed E-state index contributed by atoms with van der Waals surface area (Å²) in [6.07, 6.45) is 2.80. The number of carboxylic acid groups (broad SMARTS) is 1. The third-order valence-electron chi connectivity index (χ3n) is 2.58. The first-order valence-corrected chi connectivity index (χ1v) is 5.21. The Labute approximate surface area is 101 Å². The van der Waals surface area contributed by atoms with Gasteiger partial charge < -0.3 is 5.11 Å². The van der Waals surface area contributed by atoms with Crippen LogP contribution in [0.1, 0.15) is 18.4 Å². The highest BCUT2D eigenvalue weighted by molar-refractivity contribution is 5.75. The average Bonchev–Trinajstić information content (AvgIpc) is 2.75. The van der Waals surface area contributed by atoms with Crippen molar-refractivity contribution in [1.29, 1.82) is 0 Å². The molecule has 0 saturated heterocycles. The highest BCUT2D eigenvalue weighted by Crippen LogP contribution is 2.18. The smallest absolute Gasteiger partial charge is 0.310 e. The summed E-state index contributed by atoms with van der Waals surface area (Å²) >= 11 is 0. The molecule has 1 atom stereocenters. The van der Waals surface area contributed by atoms with Crippen molar-refractivity contribution < 1.29 is 18.7 Å². The molecule has 1 unspecified atom stereocenters. The summed E-state index contributed by atoms with van der Waals surface area (Å²) in [5.41, 5.74) is 0.670. The lowest BCUT2D eigenvalue weighted by Crippen LogP contribution is -2.06. The Kier molecular flexibility index (Phi) is 3.10. The van der Waals surface area contributed by atoms with Gasteiger partial charge in [-0.25, -0.2) is 13.5 Å². The number of nitrogens with zero attached hydrogens (tertiary/aromatic N) is 2. The minimum absolute atomic E-state index is 0.205. The van der Waals surface area contributed by atoms with Crippen LogP contribution in [0, 0.1) is 11.6 Å². The first-order chi connectivity index (χ1) is 8.47. The number of aliphatic carboxylic acids is 1. The van der Waals surface area contributed by atoms with Gasteiger partial charge in [0.25, 0.3) is 0 Å². The molecule has 94 valence electrons. The summed E-state index contributed by atoms with van der Waals surface area (Å²) in [7, 11) is 0. The lowest BCUT2D eigenvalue weighted by molar-refractivity contribution is -0.138. The SMILES string of the molecule is CC(C(=O)O)c1cnn(-c2cc(F)cc(F)c2)c1. The van der Waals surface area contributed by atoms with Crippen molar-refractivity contribution in [2.75, 3.05) is 0 Å². The molecule has 0 spiro atoms. The van der Waals surface area contributed by atoms with Gasteiger partial charge in [0.15, 0.2) is 0 Å². The summed E-state index contributed by atoms with van der Waals surface area (Å²) in [6.45, 7) is 1.51. The molecule has 0 amide bonds. The number of benzene rings is 1. The third kappa shape index (κ3) is 2.37. The molecule has 0 aliphatic heterocycles. The zero-order chi connectivity index (χ0) is 13.3. The predicted molar refractivity (Wildman–Crippen MR) is 59.5 cm³/mol. The van der Waals surface area contributed by atoms with Crippen LogP contribution in [0.2, 0.25) is 0 Å². The molecule has 2 rings (SSSR count). The van der Waals surface area contributed by atoms with Gasteiger partial charge in [0.05, 0.1) is 17.8 Å². The van der Waals surface area contributed by atoms with E-state index in [4.69, 9.17) is 5.11 Å². The first-order valence-electron chi connectivity index (χ1n) is 5.21. The molecule has 1 aromatic carbocycles. The third-order valence-corrected chi connectivity index (χ3v) is 2.58. The van der Waals surface area contributed by atoms with E-state index < -0.39 is 23.5 Å². The van der Waals surface area contributed by atoms with Crippen molar-refractivity contribution in [3.05, 3.63) is 47.8 Å². The fraction of sp³-hybridized carbons (Fsp3) is 0.167. The van der Waals surface area contributed by atoms with Crippen LogP contribution >= 0.6 is 0 Å². The second-order valence-corrected chi connectivity index (χ2v) is 3.91. The van der Waals surface area contributed by atoms with Gasteiger partial charge in [0.2, 0.25) is 0 Å². The van der Waals surface area contributed by atoms with Crippen LogP contribution in [-0.4, -0.2) is 20.9 Å². The predicted octanol–water partition coefficient (Wildman–Crippen LogP) is 2.34. The zero-order valence-corrected chi connectivity index (χ0v) is 9.47. The van der Waals surface area contributed by atoms with Crippen LogP contribution in [0.15, 0.2) is 30.6 Å². The molecule has 1 N–H and O–H groups in total. The fourth-order valence-corrected chi connectivity index (χ4v) is 1.52. The van der Waals surface area contributed by atoms with E-state index in [2.05, 4.69) is 5.10 Å². The first kappa shape index (κ1) is 12.2. The number of hydrogen-bond donors (Lipinski definition) is 1. The molecule has 0 radical (unpaired) electrons. The molecule has 18 heavy (non-hydrogen) atoms. The number of rotatable bonds is 3. The van der Waals surface area contributed by atoms with Crippen molar-refractivity contribution in [2.45, 2.75) is 12.8 Å². The molecule has 0 aliphatic carbocycles. The molecule has 0 aliphatic rings. The van der Waals surface area contributed by atoms with Crippen LogP contribution in [-0.2, 0) is 4.79 Å². The van der Waals surface area contributed by atoms with E-state index in [-0.39, 0.29) is 5.69 Å². The maximum Gasteiger partial charge on any atom is 0.310 e.